The zero-order valence-corrected chi connectivity index (χ0v) is 12.6. The minimum absolute atomic E-state index is 0.0142. The van der Waals surface area contributed by atoms with Gasteiger partial charge in [0.2, 0.25) is 0 Å². The Morgan fingerprint density at radius 2 is 1.83 bits per heavy atom. The molecule has 2 bridgehead atoms. The molecule has 2 heterocycles. The second-order valence-electron chi connectivity index (χ2n) is 5.77. The highest BCUT2D eigenvalue weighted by Gasteiger charge is 2.29. The molecule has 2 aliphatic heterocycles. The Kier molecular flexibility index (Phi) is 4.88. The largest absolute Gasteiger partial charge is 0.457 e. The molecule has 0 unspecified atom stereocenters. The molecule has 0 spiro atoms. The molecule has 0 amide bonds. The normalized spacial score (nSPS) is 32.7. The first-order valence-corrected chi connectivity index (χ1v) is 7.73. The number of benzene rings is 1. The lowest BCUT2D eigenvalue weighted by Crippen LogP contribution is -2.37. The number of halogens is 1. The van der Waals surface area contributed by atoms with Crippen molar-refractivity contribution >= 4 is 5.97 Å². The molecule has 1 N–H and O–H groups in total. The van der Waals surface area contributed by atoms with Gasteiger partial charge in [0.05, 0.1) is 24.7 Å². The summed E-state index contributed by atoms with van der Waals surface area (Å²) in [5.41, 5.74) is 0.742. The van der Waals surface area contributed by atoms with E-state index in [2.05, 4.69) is 0 Å². The molecule has 4 nitrogen and oxygen atoms in total. The lowest BCUT2D eigenvalue weighted by atomic mass is 10.0. The number of rotatable bonds is 1. The highest BCUT2D eigenvalue weighted by atomic mass is 19.1. The van der Waals surface area contributed by atoms with Crippen LogP contribution >= 0.6 is 0 Å². The summed E-state index contributed by atoms with van der Waals surface area (Å²) in [6.07, 6.45) is 6.53. The van der Waals surface area contributed by atoms with Gasteiger partial charge < -0.3 is 14.6 Å². The zero-order valence-electron chi connectivity index (χ0n) is 12.6. The molecule has 2 aliphatic rings. The summed E-state index contributed by atoms with van der Waals surface area (Å²) in [5.74, 6) is -0.767. The second-order valence-corrected chi connectivity index (χ2v) is 5.77. The summed E-state index contributed by atoms with van der Waals surface area (Å²) >= 11 is 0. The van der Waals surface area contributed by atoms with Gasteiger partial charge in [-0.25, -0.2) is 4.39 Å². The van der Waals surface area contributed by atoms with Gasteiger partial charge in [0.25, 0.3) is 0 Å². The first-order valence-electron chi connectivity index (χ1n) is 7.73. The molecular formula is C18H19FO4. The smallest absolute Gasteiger partial charge is 0.309 e. The SMILES string of the molecule is O=C1C[C@H]2O[C@@H](C=C[C@@H]2O)C/C=C\C[C@H](c2ccc(F)cc2)O1. The summed E-state index contributed by atoms with van der Waals surface area (Å²) in [6.45, 7) is 0. The van der Waals surface area contributed by atoms with Crippen molar-refractivity contribution in [1.29, 1.82) is 0 Å². The van der Waals surface area contributed by atoms with Crippen LogP contribution in [-0.2, 0) is 14.3 Å². The number of aliphatic hydroxyl groups is 1. The molecule has 1 aromatic rings. The van der Waals surface area contributed by atoms with Gasteiger partial charge in [0, 0.05) is 6.42 Å². The van der Waals surface area contributed by atoms with Gasteiger partial charge in [-0.3, -0.25) is 4.79 Å². The Balaban J connectivity index is 1.79. The van der Waals surface area contributed by atoms with Crippen LogP contribution < -0.4 is 0 Å². The maximum absolute atomic E-state index is 13.1. The third kappa shape index (κ3) is 4.06. The van der Waals surface area contributed by atoms with Crippen LogP contribution in [0.2, 0.25) is 0 Å². The molecule has 4 atom stereocenters. The summed E-state index contributed by atoms with van der Waals surface area (Å²) in [6, 6.07) is 5.93. The quantitative estimate of drug-likeness (QED) is 0.639. The van der Waals surface area contributed by atoms with E-state index >= 15 is 0 Å². The number of hydrogen-bond acceptors (Lipinski definition) is 4. The lowest BCUT2D eigenvalue weighted by molar-refractivity contribution is -0.156. The molecule has 3 rings (SSSR count). The molecule has 23 heavy (non-hydrogen) atoms. The maximum atomic E-state index is 13.1. The predicted octanol–water partition coefficient (Wildman–Crippen LogP) is 2.83. The number of ether oxygens (including phenoxy) is 2. The van der Waals surface area contributed by atoms with Crippen molar-refractivity contribution in [3.05, 3.63) is 60.0 Å². The van der Waals surface area contributed by atoms with E-state index in [0.717, 1.165) is 5.56 Å². The maximum Gasteiger partial charge on any atom is 0.309 e. The monoisotopic (exact) mass is 318 g/mol. The van der Waals surface area contributed by atoms with Crippen LogP contribution in [0.15, 0.2) is 48.6 Å². The summed E-state index contributed by atoms with van der Waals surface area (Å²) in [7, 11) is 0. The molecule has 1 aromatic carbocycles. The van der Waals surface area contributed by atoms with E-state index in [1.807, 2.05) is 18.2 Å². The Bertz CT molecular complexity index is 608. The molecule has 0 radical (unpaired) electrons. The van der Waals surface area contributed by atoms with Crippen LogP contribution in [0.5, 0.6) is 0 Å². The molecule has 122 valence electrons. The number of aliphatic hydroxyl groups excluding tert-OH is 1. The number of carbonyl (C=O) groups excluding carboxylic acids is 1. The van der Waals surface area contributed by atoms with Gasteiger partial charge in [-0.1, -0.05) is 36.4 Å². The van der Waals surface area contributed by atoms with Gasteiger partial charge >= 0.3 is 5.97 Å². The van der Waals surface area contributed by atoms with Gasteiger partial charge in [0.1, 0.15) is 11.9 Å². The van der Waals surface area contributed by atoms with E-state index in [4.69, 9.17) is 9.47 Å². The van der Waals surface area contributed by atoms with Crippen molar-refractivity contribution in [2.45, 2.75) is 43.7 Å². The van der Waals surface area contributed by atoms with E-state index in [1.165, 1.54) is 12.1 Å². The van der Waals surface area contributed by atoms with Gasteiger partial charge in [0.15, 0.2) is 0 Å². The van der Waals surface area contributed by atoms with E-state index < -0.39 is 24.3 Å². The minimum atomic E-state index is -0.812. The lowest BCUT2D eigenvalue weighted by Gasteiger charge is -2.28. The Labute approximate surface area is 134 Å². The third-order valence-electron chi connectivity index (χ3n) is 4.02. The van der Waals surface area contributed by atoms with Crippen molar-refractivity contribution < 1.29 is 23.8 Å². The number of fused-ring (bicyclic) bond motifs is 2. The highest BCUT2D eigenvalue weighted by Crippen LogP contribution is 2.26. The summed E-state index contributed by atoms with van der Waals surface area (Å²) in [5, 5.41) is 9.92. The molecule has 0 fully saturated rings. The fourth-order valence-corrected chi connectivity index (χ4v) is 2.77. The third-order valence-corrected chi connectivity index (χ3v) is 4.02. The molecule has 5 heteroatoms. The van der Waals surface area contributed by atoms with Gasteiger partial charge in [-0.2, -0.15) is 0 Å². The summed E-state index contributed by atoms with van der Waals surface area (Å²) < 4.78 is 24.3. The first kappa shape index (κ1) is 15.9. The van der Waals surface area contributed by atoms with Crippen LogP contribution in [-0.4, -0.2) is 29.4 Å². The van der Waals surface area contributed by atoms with Crippen LogP contribution in [0, 0.1) is 5.82 Å². The van der Waals surface area contributed by atoms with Crippen LogP contribution in [0.3, 0.4) is 0 Å². The van der Waals surface area contributed by atoms with Crippen LogP contribution in [0.1, 0.15) is 30.9 Å². The van der Waals surface area contributed by atoms with Crippen molar-refractivity contribution in [2.24, 2.45) is 0 Å². The van der Waals surface area contributed by atoms with Crippen LogP contribution in [0.25, 0.3) is 0 Å². The number of cyclic esters (lactones) is 1. The average Bonchev–Trinajstić information content (AvgIpc) is 2.56. The number of carbonyl (C=O) groups is 1. The van der Waals surface area contributed by atoms with E-state index in [0.29, 0.717) is 12.8 Å². The molecule has 0 saturated heterocycles. The fourth-order valence-electron chi connectivity index (χ4n) is 2.77. The van der Waals surface area contributed by atoms with Crippen molar-refractivity contribution in [3.8, 4) is 0 Å². The zero-order chi connectivity index (χ0) is 16.2. The first-order chi connectivity index (χ1) is 11.1. The molecule has 0 aromatic heterocycles. The second kappa shape index (κ2) is 7.06. The van der Waals surface area contributed by atoms with E-state index in [9.17, 15) is 14.3 Å². The van der Waals surface area contributed by atoms with E-state index in [-0.39, 0.29) is 18.3 Å². The highest BCUT2D eigenvalue weighted by molar-refractivity contribution is 5.70. The van der Waals surface area contributed by atoms with Crippen molar-refractivity contribution in [2.75, 3.05) is 0 Å². The minimum Gasteiger partial charge on any atom is -0.457 e. The van der Waals surface area contributed by atoms with Gasteiger partial charge in [-0.15, -0.1) is 0 Å². The fraction of sp³-hybridized carbons (Fsp3) is 0.389. The molecular weight excluding hydrogens is 299 g/mol. The number of esters is 1. The standard InChI is InChI=1S/C18H19FO4/c19-13-7-5-12(6-8-13)16-4-2-1-3-14-9-10-15(20)17(22-14)11-18(21)23-16/h1-2,5-10,14-17,20H,3-4,11H2/b2-1-/t14-,15+,16-,17-/m1/s1. The number of hydrogen-bond donors (Lipinski definition) is 1. The van der Waals surface area contributed by atoms with Gasteiger partial charge in [-0.05, 0) is 24.1 Å². The summed E-state index contributed by atoms with van der Waals surface area (Å²) in [4.78, 5) is 12.2. The molecule has 0 saturated carbocycles. The Morgan fingerprint density at radius 3 is 2.61 bits per heavy atom. The topological polar surface area (TPSA) is 55.8 Å². The Morgan fingerprint density at radius 1 is 1.09 bits per heavy atom. The van der Waals surface area contributed by atoms with Crippen molar-refractivity contribution in [3.63, 3.8) is 0 Å². The Hall–Kier alpha value is -1.98. The average molecular weight is 318 g/mol. The van der Waals surface area contributed by atoms with Crippen LogP contribution in [0.4, 0.5) is 4.39 Å². The van der Waals surface area contributed by atoms with E-state index in [1.54, 1.807) is 18.2 Å². The predicted molar refractivity (Wildman–Crippen MR) is 82.0 cm³/mol. The van der Waals surface area contributed by atoms with Crippen molar-refractivity contribution in [1.82, 2.24) is 0 Å². The molecule has 0 aliphatic carbocycles.